The average molecular weight is 524 g/mol. The molecule has 35 heavy (non-hydrogen) atoms. The zero-order valence-electron chi connectivity index (χ0n) is 22.6. The second kappa shape index (κ2) is 25.2. The highest BCUT2D eigenvalue weighted by atomic mass is 31.2. The predicted octanol–water partition coefficient (Wildman–Crippen LogP) is 6.68. The van der Waals surface area contributed by atoms with Crippen molar-refractivity contribution in [3.8, 4) is 0 Å². The van der Waals surface area contributed by atoms with Gasteiger partial charge in [0.25, 0.3) is 0 Å². The third-order valence-electron chi connectivity index (χ3n) is 5.77. The molecule has 8 nitrogen and oxygen atoms in total. The number of nitrogens with two attached hydrogens (primary N) is 1. The molecule has 0 rings (SSSR count). The Morgan fingerprint density at radius 3 is 1.80 bits per heavy atom. The smallest absolute Gasteiger partial charge is 0.457 e. The molecule has 9 heteroatoms. The Balaban J connectivity index is 4.12. The quantitative estimate of drug-likeness (QED) is 0.0695. The largest absolute Gasteiger partial charge is 0.472 e. The fourth-order valence-electron chi connectivity index (χ4n) is 3.70. The number of carbonyl (C=O) groups is 1. The first kappa shape index (κ1) is 34.5. The first-order valence-corrected chi connectivity index (χ1v) is 15.5. The molecule has 0 fully saturated rings. The normalized spacial score (nSPS) is 14.1. The average Bonchev–Trinajstić information content (AvgIpc) is 2.84. The summed E-state index contributed by atoms with van der Waals surface area (Å²) in [5.74, 6) is -0.343. The molecule has 0 aromatic heterocycles. The third kappa shape index (κ3) is 25.0. The summed E-state index contributed by atoms with van der Waals surface area (Å²) < 4.78 is 32.8. The maximum Gasteiger partial charge on any atom is 0.472 e. The molecule has 0 amide bonds. The highest BCUT2D eigenvalue weighted by Crippen LogP contribution is 2.43. The number of carbonyl (C=O) groups excluding carboxylic acids is 1. The Bertz CT molecular complexity index is 522. The summed E-state index contributed by atoms with van der Waals surface area (Å²) in [6.07, 6.45) is 18.6. The van der Waals surface area contributed by atoms with Gasteiger partial charge < -0.3 is 20.1 Å². The van der Waals surface area contributed by atoms with Crippen molar-refractivity contribution >= 4 is 13.8 Å². The van der Waals surface area contributed by atoms with E-state index in [1.807, 2.05) is 0 Å². The van der Waals surface area contributed by atoms with Gasteiger partial charge >= 0.3 is 13.8 Å². The summed E-state index contributed by atoms with van der Waals surface area (Å²) in [5.41, 5.74) is 5.29. The van der Waals surface area contributed by atoms with E-state index in [1.54, 1.807) is 0 Å². The number of hydrogen-bond acceptors (Lipinski definition) is 7. The highest BCUT2D eigenvalue weighted by molar-refractivity contribution is 7.47. The van der Waals surface area contributed by atoms with Crippen LogP contribution in [-0.2, 0) is 27.9 Å². The highest BCUT2D eigenvalue weighted by Gasteiger charge is 2.25. The van der Waals surface area contributed by atoms with Crippen LogP contribution in [0.25, 0.3) is 0 Å². The summed E-state index contributed by atoms with van der Waals surface area (Å²) in [4.78, 5) is 21.9. The van der Waals surface area contributed by atoms with Crippen molar-refractivity contribution in [2.75, 3.05) is 33.0 Å². The lowest BCUT2D eigenvalue weighted by molar-refractivity contribution is -0.154. The van der Waals surface area contributed by atoms with Crippen LogP contribution in [0.2, 0.25) is 0 Å². The first-order valence-electron chi connectivity index (χ1n) is 14.0. The van der Waals surface area contributed by atoms with Crippen molar-refractivity contribution in [3.63, 3.8) is 0 Å². The Labute approximate surface area is 214 Å². The van der Waals surface area contributed by atoms with E-state index in [9.17, 15) is 14.3 Å². The van der Waals surface area contributed by atoms with Crippen LogP contribution in [0.5, 0.6) is 0 Å². The third-order valence-corrected chi connectivity index (χ3v) is 6.76. The summed E-state index contributed by atoms with van der Waals surface area (Å²) >= 11 is 0. The van der Waals surface area contributed by atoms with Gasteiger partial charge in [-0.15, -0.1) is 0 Å². The lowest BCUT2D eigenvalue weighted by atomic mass is 10.1. The van der Waals surface area contributed by atoms with Crippen LogP contribution < -0.4 is 5.73 Å². The topological polar surface area (TPSA) is 117 Å². The van der Waals surface area contributed by atoms with Gasteiger partial charge in [-0.1, -0.05) is 104 Å². The maximum atomic E-state index is 12.2. The van der Waals surface area contributed by atoms with Gasteiger partial charge in [0.15, 0.2) is 0 Å². The van der Waals surface area contributed by atoms with Crippen LogP contribution in [0.3, 0.4) is 0 Å². The van der Waals surface area contributed by atoms with E-state index in [0.29, 0.717) is 13.0 Å². The van der Waals surface area contributed by atoms with E-state index in [4.69, 9.17) is 24.3 Å². The fraction of sp³-hybridized carbons (Fsp3) is 0.962. The van der Waals surface area contributed by atoms with Crippen LogP contribution in [0.1, 0.15) is 123 Å². The number of hydrogen-bond donors (Lipinski definition) is 2. The van der Waals surface area contributed by atoms with Crippen LogP contribution >= 0.6 is 7.82 Å². The molecule has 0 aliphatic carbocycles. The predicted molar refractivity (Wildman–Crippen MR) is 141 cm³/mol. The molecule has 0 saturated carbocycles. The molecule has 0 aromatic rings. The molecule has 0 aromatic carbocycles. The molecule has 0 heterocycles. The molecule has 0 radical (unpaired) electrons. The summed E-state index contributed by atoms with van der Waals surface area (Å²) in [7, 11) is -4.24. The standard InChI is InChI=1S/C26H54NO7P/c1-3-5-7-9-10-11-12-13-14-16-18-21-31-23-25(24-33-35(29,30)32-22-20-27)34-26(28)19-17-15-8-6-4-2/h25H,3-24,27H2,1-2H3,(H,29,30). The van der Waals surface area contributed by atoms with Gasteiger partial charge in [-0.3, -0.25) is 13.8 Å². The molecule has 3 N–H and O–H groups in total. The van der Waals surface area contributed by atoms with Gasteiger partial charge in [0.05, 0.1) is 19.8 Å². The Morgan fingerprint density at radius 2 is 1.26 bits per heavy atom. The molecule has 0 aliphatic heterocycles. The molecule has 2 unspecified atom stereocenters. The maximum absolute atomic E-state index is 12.2. The van der Waals surface area contributed by atoms with E-state index >= 15 is 0 Å². The zero-order chi connectivity index (χ0) is 26.0. The monoisotopic (exact) mass is 523 g/mol. The molecule has 2 atom stereocenters. The van der Waals surface area contributed by atoms with Gasteiger partial charge in [-0.25, -0.2) is 4.57 Å². The fourth-order valence-corrected chi connectivity index (χ4v) is 4.46. The molecule has 0 aliphatic rings. The van der Waals surface area contributed by atoms with Gasteiger partial charge in [-0.05, 0) is 12.8 Å². The van der Waals surface area contributed by atoms with E-state index in [1.165, 1.54) is 57.8 Å². The lowest BCUT2D eigenvalue weighted by Crippen LogP contribution is -2.28. The second-order valence-electron chi connectivity index (χ2n) is 9.27. The van der Waals surface area contributed by atoms with Crippen LogP contribution in [0, 0.1) is 0 Å². The van der Waals surface area contributed by atoms with Crippen LogP contribution in [0.15, 0.2) is 0 Å². The Morgan fingerprint density at radius 1 is 0.743 bits per heavy atom. The molecule has 0 spiro atoms. The first-order chi connectivity index (χ1) is 16.9. The number of ether oxygens (including phenoxy) is 2. The van der Waals surface area contributed by atoms with E-state index in [2.05, 4.69) is 13.8 Å². The number of phosphoric ester groups is 1. The van der Waals surface area contributed by atoms with E-state index in [-0.39, 0.29) is 32.3 Å². The molecule has 210 valence electrons. The SMILES string of the molecule is CCCCCCCCCCCCCOCC(COP(=O)(O)OCCN)OC(=O)CCCCCCC. The number of phosphoric acid groups is 1. The van der Waals surface area contributed by atoms with Crippen LogP contribution in [-0.4, -0.2) is 49.9 Å². The van der Waals surface area contributed by atoms with Crippen molar-refractivity contribution in [3.05, 3.63) is 0 Å². The summed E-state index contributed by atoms with van der Waals surface area (Å²) in [6, 6.07) is 0. The zero-order valence-corrected chi connectivity index (χ0v) is 23.4. The minimum absolute atomic E-state index is 0.0919. The minimum atomic E-state index is -4.24. The number of esters is 1. The van der Waals surface area contributed by atoms with E-state index < -0.39 is 13.9 Å². The van der Waals surface area contributed by atoms with Gasteiger partial charge in [-0.2, -0.15) is 0 Å². The Hall–Kier alpha value is -0.500. The number of unbranched alkanes of at least 4 members (excludes halogenated alkanes) is 14. The lowest BCUT2D eigenvalue weighted by Gasteiger charge is -2.20. The minimum Gasteiger partial charge on any atom is -0.457 e. The van der Waals surface area contributed by atoms with Crippen LogP contribution in [0.4, 0.5) is 0 Å². The Kier molecular flexibility index (Phi) is 24.8. The van der Waals surface area contributed by atoms with Gasteiger partial charge in [0.1, 0.15) is 6.10 Å². The summed E-state index contributed by atoms with van der Waals surface area (Å²) in [6.45, 7) is 4.81. The van der Waals surface area contributed by atoms with Crippen molar-refractivity contribution < 1.29 is 32.8 Å². The molecule has 0 bridgehead atoms. The van der Waals surface area contributed by atoms with Crippen molar-refractivity contribution in [2.45, 2.75) is 129 Å². The van der Waals surface area contributed by atoms with Crippen molar-refractivity contribution in [1.29, 1.82) is 0 Å². The van der Waals surface area contributed by atoms with Gasteiger partial charge in [0, 0.05) is 19.6 Å². The summed E-state index contributed by atoms with van der Waals surface area (Å²) in [5, 5.41) is 0. The van der Waals surface area contributed by atoms with Crippen molar-refractivity contribution in [2.24, 2.45) is 5.73 Å². The van der Waals surface area contributed by atoms with E-state index in [0.717, 1.165) is 44.9 Å². The second-order valence-corrected chi connectivity index (χ2v) is 10.7. The molecular weight excluding hydrogens is 469 g/mol. The van der Waals surface area contributed by atoms with Gasteiger partial charge in [0.2, 0.25) is 0 Å². The molecular formula is C26H54NO7P. The molecule has 0 saturated heterocycles. The number of rotatable bonds is 27. The van der Waals surface area contributed by atoms with Crippen molar-refractivity contribution in [1.82, 2.24) is 0 Å².